The Morgan fingerprint density at radius 1 is 1.16 bits per heavy atom. The van der Waals surface area contributed by atoms with Gasteiger partial charge in [0.1, 0.15) is 17.3 Å². The minimum Gasteiger partial charge on any atom is -0.451 e. The lowest BCUT2D eigenvalue weighted by Crippen LogP contribution is -2.30. The van der Waals surface area contributed by atoms with E-state index in [1.54, 1.807) is 32.2 Å². The zero-order valence-corrected chi connectivity index (χ0v) is 18.2. The number of nitriles is 1. The molecule has 1 heterocycles. The van der Waals surface area contributed by atoms with E-state index in [2.05, 4.69) is 15.9 Å². The number of hydrogen-bond acceptors (Lipinski definition) is 5. The number of aromatic nitrogens is 2. The SMILES string of the molecule is Cc1cc(/C(OC(C)OC(=O)C(F)(F)F)=C(\C#N)c2ccc(C(C)(C)C)cc2)n(C)n1. The normalized spacial score (nSPS) is 13.8. The van der Waals surface area contributed by atoms with Crippen molar-refractivity contribution in [3.63, 3.8) is 0 Å². The van der Waals surface area contributed by atoms with E-state index >= 15 is 0 Å². The number of allylic oxidation sites excluding steroid dienone is 1. The minimum absolute atomic E-state index is 0.0448. The molecule has 1 aromatic carbocycles. The number of alkyl halides is 3. The molecule has 0 saturated heterocycles. The van der Waals surface area contributed by atoms with E-state index in [0.29, 0.717) is 17.0 Å². The quantitative estimate of drug-likeness (QED) is 0.289. The van der Waals surface area contributed by atoms with Crippen LogP contribution in [0.3, 0.4) is 0 Å². The molecule has 166 valence electrons. The van der Waals surface area contributed by atoms with E-state index in [4.69, 9.17) is 4.74 Å². The van der Waals surface area contributed by atoms with Gasteiger partial charge in [-0.3, -0.25) is 4.68 Å². The Morgan fingerprint density at radius 2 is 1.74 bits per heavy atom. The Kier molecular flexibility index (Phi) is 6.84. The highest BCUT2D eigenvalue weighted by Gasteiger charge is 2.42. The van der Waals surface area contributed by atoms with Crippen LogP contribution in [0.4, 0.5) is 13.2 Å². The molecule has 1 unspecified atom stereocenters. The number of esters is 1. The molecule has 2 aromatic rings. The first-order valence-electron chi connectivity index (χ1n) is 9.44. The van der Waals surface area contributed by atoms with Crippen molar-refractivity contribution in [1.82, 2.24) is 9.78 Å². The van der Waals surface area contributed by atoms with Crippen molar-refractivity contribution in [2.75, 3.05) is 0 Å². The zero-order valence-electron chi connectivity index (χ0n) is 18.2. The molecule has 2 rings (SSSR count). The monoisotopic (exact) mass is 435 g/mol. The zero-order chi connectivity index (χ0) is 23.6. The van der Waals surface area contributed by atoms with E-state index < -0.39 is 18.4 Å². The van der Waals surface area contributed by atoms with Gasteiger partial charge in [0.05, 0.1) is 5.69 Å². The van der Waals surface area contributed by atoms with Gasteiger partial charge >= 0.3 is 12.1 Å². The number of nitrogens with zero attached hydrogens (tertiary/aromatic N) is 3. The van der Waals surface area contributed by atoms with E-state index in [0.717, 1.165) is 12.5 Å². The van der Waals surface area contributed by atoms with Gasteiger partial charge in [0.2, 0.25) is 6.29 Å². The Bertz CT molecular complexity index is 1020. The van der Waals surface area contributed by atoms with Crippen molar-refractivity contribution in [2.24, 2.45) is 7.05 Å². The molecule has 0 radical (unpaired) electrons. The van der Waals surface area contributed by atoms with Crippen LogP contribution in [0.5, 0.6) is 0 Å². The summed E-state index contributed by atoms with van der Waals surface area (Å²) in [6.07, 6.45) is -6.76. The third-order valence-electron chi connectivity index (χ3n) is 4.40. The van der Waals surface area contributed by atoms with Crippen molar-refractivity contribution in [3.8, 4) is 6.07 Å². The summed E-state index contributed by atoms with van der Waals surface area (Å²) in [6, 6.07) is 10.9. The van der Waals surface area contributed by atoms with E-state index in [-0.39, 0.29) is 16.7 Å². The molecular formula is C22H24F3N3O3. The number of hydrogen-bond donors (Lipinski definition) is 0. The highest BCUT2D eigenvalue weighted by atomic mass is 19.4. The second-order valence-electron chi connectivity index (χ2n) is 8.03. The Hall–Kier alpha value is -3.28. The number of halogens is 3. The fraction of sp³-hybridized carbons (Fsp3) is 0.409. The van der Waals surface area contributed by atoms with Crippen molar-refractivity contribution in [3.05, 3.63) is 52.8 Å². The van der Waals surface area contributed by atoms with Gasteiger partial charge in [-0.25, -0.2) is 4.79 Å². The summed E-state index contributed by atoms with van der Waals surface area (Å²) in [7, 11) is 1.61. The van der Waals surface area contributed by atoms with Crippen molar-refractivity contribution >= 4 is 17.3 Å². The molecule has 0 aliphatic carbocycles. The summed E-state index contributed by atoms with van der Waals surface area (Å²) in [5.74, 6) is -2.43. The van der Waals surface area contributed by atoms with E-state index in [1.165, 1.54) is 4.68 Å². The van der Waals surface area contributed by atoms with Crippen LogP contribution in [0, 0.1) is 18.3 Å². The summed E-state index contributed by atoms with van der Waals surface area (Å²) in [6.45, 7) is 9.01. The highest BCUT2D eigenvalue weighted by molar-refractivity contribution is 5.94. The maximum Gasteiger partial charge on any atom is 0.491 e. The first-order valence-corrected chi connectivity index (χ1v) is 9.44. The lowest BCUT2D eigenvalue weighted by molar-refractivity contribution is -0.216. The Labute approximate surface area is 178 Å². The standard InChI is InChI=1S/C22H24F3N3O3/c1-13-11-18(28(6)27-13)19(30-14(2)31-20(29)22(23,24)25)17(12-26)15-7-9-16(10-8-15)21(3,4)5/h7-11,14H,1-6H3/b19-17-. The van der Waals surface area contributed by atoms with E-state index in [9.17, 15) is 23.2 Å². The topological polar surface area (TPSA) is 77.1 Å². The smallest absolute Gasteiger partial charge is 0.451 e. The Balaban J connectivity index is 2.54. The van der Waals surface area contributed by atoms with Crippen LogP contribution in [0.25, 0.3) is 11.3 Å². The Morgan fingerprint density at radius 3 is 2.16 bits per heavy atom. The van der Waals surface area contributed by atoms with Gasteiger partial charge in [-0.15, -0.1) is 0 Å². The lowest BCUT2D eigenvalue weighted by Gasteiger charge is -2.21. The predicted molar refractivity (Wildman–Crippen MR) is 108 cm³/mol. The van der Waals surface area contributed by atoms with Crippen LogP contribution < -0.4 is 0 Å². The van der Waals surface area contributed by atoms with Crippen molar-refractivity contribution in [1.29, 1.82) is 5.26 Å². The van der Waals surface area contributed by atoms with Crippen LogP contribution >= 0.6 is 0 Å². The molecule has 31 heavy (non-hydrogen) atoms. The fourth-order valence-electron chi connectivity index (χ4n) is 2.86. The molecule has 0 amide bonds. The maximum absolute atomic E-state index is 12.6. The third-order valence-corrected chi connectivity index (χ3v) is 4.40. The molecule has 0 saturated carbocycles. The second-order valence-corrected chi connectivity index (χ2v) is 8.03. The first-order chi connectivity index (χ1) is 14.2. The highest BCUT2D eigenvalue weighted by Crippen LogP contribution is 2.31. The average Bonchev–Trinajstić information content (AvgIpc) is 2.98. The molecule has 0 fully saturated rings. The van der Waals surface area contributed by atoms with Crippen LogP contribution in [-0.2, 0) is 26.7 Å². The number of rotatable bonds is 5. The lowest BCUT2D eigenvalue weighted by atomic mass is 9.86. The fourth-order valence-corrected chi connectivity index (χ4v) is 2.86. The molecule has 1 aromatic heterocycles. The molecule has 1 atom stereocenters. The largest absolute Gasteiger partial charge is 0.491 e. The molecule has 0 spiro atoms. The summed E-state index contributed by atoms with van der Waals surface area (Å²) in [5, 5.41) is 14.1. The van der Waals surface area contributed by atoms with Gasteiger partial charge < -0.3 is 9.47 Å². The number of carbonyl (C=O) groups excluding carboxylic acids is 1. The van der Waals surface area contributed by atoms with Gasteiger partial charge in [0, 0.05) is 14.0 Å². The van der Waals surface area contributed by atoms with Gasteiger partial charge in [-0.1, -0.05) is 45.0 Å². The van der Waals surface area contributed by atoms with Gasteiger partial charge in [0.15, 0.2) is 5.76 Å². The first kappa shape index (κ1) is 24.0. The molecule has 0 aliphatic heterocycles. The molecule has 9 heteroatoms. The summed E-state index contributed by atoms with van der Waals surface area (Å²) >= 11 is 0. The minimum atomic E-state index is -5.16. The molecule has 0 aliphatic rings. The molecular weight excluding hydrogens is 411 g/mol. The summed E-state index contributed by atoms with van der Waals surface area (Å²) in [5.41, 5.74) is 2.47. The maximum atomic E-state index is 12.6. The second kappa shape index (κ2) is 8.84. The van der Waals surface area contributed by atoms with Crippen LogP contribution in [0.2, 0.25) is 0 Å². The molecule has 0 N–H and O–H groups in total. The van der Waals surface area contributed by atoms with Crippen LogP contribution in [0.15, 0.2) is 30.3 Å². The van der Waals surface area contributed by atoms with Crippen molar-refractivity contribution in [2.45, 2.75) is 52.5 Å². The number of carbonyl (C=O) groups is 1. The van der Waals surface area contributed by atoms with Crippen LogP contribution in [0.1, 0.15) is 50.2 Å². The summed E-state index contributed by atoms with van der Waals surface area (Å²) < 4.78 is 49.0. The van der Waals surface area contributed by atoms with Gasteiger partial charge in [-0.05, 0) is 29.5 Å². The number of benzene rings is 1. The third kappa shape index (κ3) is 5.87. The van der Waals surface area contributed by atoms with Gasteiger partial charge in [0.25, 0.3) is 0 Å². The van der Waals surface area contributed by atoms with Crippen molar-refractivity contribution < 1.29 is 27.4 Å². The van der Waals surface area contributed by atoms with Crippen LogP contribution in [-0.4, -0.2) is 28.2 Å². The number of ether oxygens (including phenoxy) is 2. The van der Waals surface area contributed by atoms with Gasteiger partial charge in [-0.2, -0.15) is 23.5 Å². The number of aryl methyl sites for hydroxylation is 2. The summed E-state index contributed by atoms with van der Waals surface area (Å²) in [4.78, 5) is 11.2. The molecule has 6 nitrogen and oxygen atoms in total. The predicted octanol–water partition coefficient (Wildman–Crippen LogP) is 4.89. The van der Waals surface area contributed by atoms with E-state index in [1.807, 2.05) is 32.9 Å². The molecule has 0 bridgehead atoms. The average molecular weight is 435 g/mol.